The molecular formula is C18H14ClNO5. The van der Waals surface area contributed by atoms with E-state index in [1.54, 1.807) is 30.3 Å². The fraction of sp³-hybridized carbons (Fsp3) is 0.167. The molecule has 1 aliphatic heterocycles. The van der Waals surface area contributed by atoms with E-state index in [1.807, 2.05) is 0 Å². The van der Waals surface area contributed by atoms with Crippen LogP contribution in [0.2, 0.25) is 5.02 Å². The zero-order valence-corrected chi connectivity index (χ0v) is 14.1. The standard InChI is InChI=1S/C18H14ClNO5/c1-24-16-7-6-11(8-13(16)19)14(21)9-20-17(22)10-25-15-5-3-2-4-12(15)18(20)23/h2-8H,9-10H2,1H3. The number of Topliss-reactive ketones (excluding diaryl/α,β-unsaturated/α-hetero) is 1. The molecule has 0 N–H and O–H groups in total. The Morgan fingerprint density at radius 1 is 1.24 bits per heavy atom. The number of hydrogen-bond acceptors (Lipinski definition) is 5. The van der Waals surface area contributed by atoms with E-state index in [4.69, 9.17) is 21.1 Å². The number of hydrogen-bond donors (Lipinski definition) is 0. The van der Waals surface area contributed by atoms with Crippen LogP contribution < -0.4 is 9.47 Å². The normalized spacial score (nSPS) is 13.8. The molecule has 0 saturated heterocycles. The van der Waals surface area contributed by atoms with Crippen molar-refractivity contribution in [2.75, 3.05) is 20.3 Å². The summed E-state index contributed by atoms with van der Waals surface area (Å²) >= 11 is 6.02. The third-order valence-electron chi connectivity index (χ3n) is 3.79. The van der Waals surface area contributed by atoms with E-state index in [-0.39, 0.29) is 22.8 Å². The Labute approximate surface area is 148 Å². The number of carbonyl (C=O) groups is 3. The van der Waals surface area contributed by atoms with Crippen molar-refractivity contribution in [3.8, 4) is 11.5 Å². The van der Waals surface area contributed by atoms with Crippen LogP contribution in [0, 0.1) is 0 Å². The van der Waals surface area contributed by atoms with Gasteiger partial charge in [-0.05, 0) is 30.3 Å². The van der Waals surface area contributed by atoms with Crippen molar-refractivity contribution in [1.29, 1.82) is 0 Å². The Kier molecular flexibility index (Phi) is 4.72. The monoisotopic (exact) mass is 359 g/mol. The largest absolute Gasteiger partial charge is 0.495 e. The van der Waals surface area contributed by atoms with Gasteiger partial charge in [0, 0.05) is 5.56 Å². The molecule has 1 aliphatic rings. The van der Waals surface area contributed by atoms with Gasteiger partial charge in [0.1, 0.15) is 11.5 Å². The second-order valence-corrected chi connectivity index (χ2v) is 5.75. The summed E-state index contributed by atoms with van der Waals surface area (Å²) in [7, 11) is 1.47. The lowest BCUT2D eigenvalue weighted by Gasteiger charge is -2.17. The molecule has 25 heavy (non-hydrogen) atoms. The van der Waals surface area contributed by atoms with Gasteiger partial charge in [0.25, 0.3) is 11.8 Å². The number of halogens is 1. The van der Waals surface area contributed by atoms with E-state index in [2.05, 4.69) is 0 Å². The molecule has 0 saturated carbocycles. The van der Waals surface area contributed by atoms with Crippen molar-refractivity contribution >= 4 is 29.2 Å². The number of para-hydroxylation sites is 1. The van der Waals surface area contributed by atoms with Crippen LogP contribution in [0.15, 0.2) is 42.5 Å². The number of fused-ring (bicyclic) bond motifs is 1. The molecular weight excluding hydrogens is 346 g/mol. The Morgan fingerprint density at radius 3 is 2.72 bits per heavy atom. The summed E-state index contributed by atoms with van der Waals surface area (Å²) < 4.78 is 10.4. The maximum atomic E-state index is 12.6. The van der Waals surface area contributed by atoms with Crippen LogP contribution in [-0.2, 0) is 4.79 Å². The van der Waals surface area contributed by atoms with Gasteiger partial charge < -0.3 is 9.47 Å². The molecule has 0 fully saturated rings. The predicted octanol–water partition coefficient (Wildman–Crippen LogP) is 2.59. The van der Waals surface area contributed by atoms with Crippen LogP contribution in [0.5, 0.6) is 11.5 Å². The van der Waals surface area contributed by atoms with Gasteiger partial charge in [0.2, 0.25) is 0 Å². The first kappa shape index (κ1) is 17.0. The zero-order valence-electron chi connectivity index (χ0n) is 13.3. The van der Waals surface area contributed by atoms with E-state index in [9.17, 15) is 14.4 Å². The Morgan fingerprint density at radius 2 is 2.00 bits per heavy atom. The number of ketones is 1. The molecule has 3 rings (SSSR count). The highest BCUT2D eigenvalue weighted by Gasteiger charge is 2.31. The van der Waals surface area contributed by atoms with Gasteiger partial charge in [0.15, 0.2) is 12.4 Å². The molecule has 0 bridgehead atoms. The number of methoxy groups -OCH3 is 1. The van der Waals surface area contributed by atoms with Gasteiger partial charge in [-0.1, -0.05) is 23.7 Å². The van der Waals surface area contributed by atoms with Crippen molar-refractivity contribution in [2.24, 2.45) is 0 Å². The lowest BCUT2D eigenvalue weighted by atomic mass is 10.1. The Bertz CT molecular complexity index is 864. The molecule has 2 aromatic rings. The molecule has 0 unspecified atom stereocenters. The molecule has 0 atom stereocenters. The smallest absolute Gasteiger partial charge is 0.267 e. The highest BCUT2D eigenvalue weighted by Crippen LogP contribution is 2.26. The lowest BCUT2D eigenvalue weighted by Crippen LogP contribution is -2.41. The van der Waals surface area contributed by atoms with Crippen molar-refractivity contribution in [1.82, 2.24) is 4.90 Å². The summed E-state index contributed by atoms with van der Waals surface area (Å²) in [6.45, 7) is -0.697. The third-order valence-corrected chi connectivity index (χ3v) is 4.09. The molecule has 0 aliphatic carbocycles. The molecule has 7 heteroatoms. The Balaban J connectivity index is 1.86. The maximum absolute atomic E-state index is 12.6. The van der Waals surface area contributed by atoms with E-state index in [0.717, 1.165) is 4.90 Å². The first-order chi connectivity index (χ1) is 12.0. The average molecular weight is 360 g/mol. The molecule has 6 nitrogen and oxygen atoms in total. The molecule has 0 radical (unpaired) electrons. The van der Waals surface area contributed by atoms with Crippen LogP contribution in [-0.4, -0.2) is 42.8 Å². The summed E-state index contributed by atoms with van der Waals surface area (Å²) in [5.41, 5.74) is 0.527. The number of nitrogens with zero attached hydrogens (tertiary/aromatic N) is 1. The summed E-state index contributed by atoms with van der Waals surface area (Å²) in [6, 6.07) is 11.1. The molecule has 2 amide bonds. The summed E-state index contributed by atoms with van der Waals surface area (Å²) in [5.74, 6) is -0.795. The molecule has 128 valence electrons. The molecule has 0 spiro atoms. The summed E-state index contributed by atoms with van der Waals surface area (Å²) in [4.78, 5) is 38.2. The van der Waals surface area contributed by atoms with Gasteiger partial charge in [-0.3, -0.25) is 19.3 Å². The maximum Gasteiger partial charge on any atom is 0.267 e. The van der Waals surface area contributed by atoms with Crippen molar-refractivity contribution < 1.29 is 23.9 Å². The van der Waals surface area contributed by atoms with Gasteiger partial charge in [-0.25, -0.2) is 0 Å². The average Bonchev–Trinajstić information content (AvgIpc) is 2.74. The number of benzene rings is 2. The summed E-state index contributed by atoms with van der Waals surface area (Å²) in [5, 5.41) is 0.274. The van der Waals surface area contributed by atoms with Crippen LogP contribution in [0.3, 0.4) is 0 Å². The first-order valence-corrected chi connectivity index (χ1v) is 7.82. The number of ether oxygens (including phenoxy) is 2. The molecule has 2 aromatic carbocycles. The second-order valence-electron chi connectivity index (χ2n) is 5.34. The van der Waals surface area contributed by atoms with Crippen LogP contribution >= 0.6 is 11.6 Å². The quantitative estimate of drug-likeness (QED) is 0.619. The highest BCUT2D eigenvalue weighted by molar-refractivity contribution is 6.32. The number of amides is 2. The number of rotatable bonds is 4. The van der Waals surface area contributed by atoms with Crippen LogP contribution in [0.25, 0.3) is 0 Å². The molecule has 0 aromatic heterocycles. The lowest BCUT2D eigenvalue weighted by molar-refractivity contribution is -0.129. The SMILES string of the molecule is COc1ccc(C(=O)CN2C(=O)COc3ccccc3C2=O)cc1Cl. The minimum absolute atomic E-state index is 0.244. The summed E-state index contributed by atoms with van der Waals surface area (Å²) in [6.07, 6.45) is 0. The van der Waals surface area contributed by atoms with Crippen LogP contribution in [0.4, 0.5) is 0 Å². The number of imide groups is 1. The second kappa shape index (κ2) is 6.94. The van der Waals surface area contributed by atoms with Gasteiger partial charge in [0.05, 0.1) is 24.2 Å². The van der Waals surface area contributed by atoms with E-state index in [1.165, 1.54) is 19.2 Å². The van der Waals surface area contributed by atoms with Gasteiger partial charge >= 0.3 is 0 Å². The number of carbonyl (C=O) groups excluding carboxylic acids is 3. The van der Waals surface area contributed by atoms with E-state index < -0.39 is 24.1 Å². The molecule has 1 heterocycles. The van der Waals surface area contributed by atoms with Crippen molar-refractivity contribution in [2.45, 2.75) is 0 Å². The predicted molar refractivity (Wildman–Crippen MR) is 90.3 cm³/mol. The third kappa shape index (κ3) is 3.34. The Hall–Kier alpha value is -2.86. The highest BCUT2D eigenvalue weighted by atomic mass is 35.5. The van der Waals surface area contributed by atoms with E-state index in [0.29, 0.717) is 11.5 Å². The zero-order chi connectivity index (χ0) is 18.0. The van der Waals surface area contributed by atoms with Gasteiger partial charge in [-0.2, -0.15) is 0 Å². The van der Waals surface area contributed by atoms with Gasteiger partial charge in [-0.15, -0.1) is 0 Å². The fourth-order valence-corrected chi connectivity index (χ4v) is 2.74. The van der Waals surface area contributed by atoms with E-state index >= 15 is 0 Å². The van der Waals surface area contributed by atoms with Crippen molar-refractivity contribution in [3.05, 3.63) is 58.6 Å². The minimum Gasteiger partial charge on any atom is -0.495 e. The van der Waals surface area contributed by atoms with Crippen molar-refractivity contribution in [3.63, 3.8) is 0 Å². The minimum atomic E-state index is -0.575. The topological polar surface area (TPSA) is 72.9 Å². The van der Waals surface area contributed by atoms with Crippen LogP contribution in [0.1, 0.15) is 20.7 Å². The first-order valence-electron chi connectivity index (χ1n) is 7.44. The fourth-order valence-electron chi connectivity index (χ4n) is 2.48.